The van der Waals surface area contributed by atoms with Gasteiger partial charge in [-0.05, 0) is 30.5 Å². The molecule has 0 amide bonds. The molecule has 0 N–H and O–H groups in total. The third kappa shape index (κ3) is 10.7. The molecule has 2 aromatic carbocycles. The zero-order valence-corrected chi connectivity index (χ0v) is 23.5. The fraction of sp³-hybridized carbons (Fsp3) is 0.594. The monoisotopic (exact) mass is 496 g/mol. The Morgan fingerprint density at radius 1 is 0.778 bits per heavy atom. The average molecular weight is 497 g/mol. The van der Waals surface area contributed by atoms with Crippen LogP contribution in [-0.4, -0.2) is 36.9 Å². The van der Waals surface area contributed by atoms with Crippen molar-refractivity contribution >= 4 is 5.97 Å². The topological polar surface area (TPSA) is 35.5 Å². The third-order valence-electron chi connectivity index (χ3n) is 7.00. The molecule has 0 aliphatic rings. The van der Waals surface area contributed by atoms with Gasteiger partial charge in [0.05, 0.1) is 14.1 Å². The summed E-state index contributed by atoms with van der Waals surface area (Å²) in [5.41, 5.74) is 2.50. The summed E-state index contributed by atoms with van der Waals surface area (Å²) in [5, 5.41) is 0. The van der Waals surface area contributed by atoms with Gasteiger partial charge in [0.25, 0.3) is 0 Å². The van der Waals surface area contributed by atoms with Crippen LogP contribution >= 0.6 is 0 Å². The van der Waals surface area contributed by atoms with E-state index in [-0.39, 0.29) is 12.0 Å². The van der Waals surface area contributed by atoms with Crippen molar-refractivity contribution in [2.24, 2.45) is 0 Å². The molecule has 4 heteroatoms. The number of unbranched alkanes of at least 4 members (excludes halogenated alkanes) is 7. The fourth-order valence-corrected chi connectivity index (χ4v) is 4.90. The molecule has 0 spiro atoms. The number of carbonyl (C=O) groups excluding carboxylic acids is 1. The molecule has 36 heavy (non-hydrogen) atoms. The summed E-state index contributed by atoms with van der Waals surface area (Å²) in [6.45, 7) is 7.08. The van der Waals surface area contributed by atoms with E-state index < -0.39 is 6.29 Å². The van der Waals surface area contributed by atoms with Crippen molar-refractivity contribution in [3.63, 3.8) is 0 Å². The average Bonchev–Trinajstić information content (AvgIpc) is 2.86. The van der Waals surface area contributed by atoms with Crippen molar-refractivity contribution < 1.29 is 18.8 Å². The Labute approximate surface area is 220 Å². The number of ether oxygens (including phenoxy) is 2. The van der Waals surface area contributed by atoms with Crippen LogP contribution in [0.25, 0.3) is 0 Å². The highest BCUT2D eigenvalue weighted by Crippen LogP contribution is 2.22. The van der Waals surface area contributed by atoms with Crippen LogP contribution in [-0.2, 0) is 22.5 Å². The van der Waals surface area contributed by atoms with E-state index in [1.54, 1.807) is 0 Å². The molecular formula is C32H50NO3+. The van der Waals surface area contributed by atoms with Crippen LogP contribution in [0.2, 0.25) is 0 Å². The standard InChI is InChI=1S/C32H50NO3/c1-6-9-10-11-12-13-14-16-20-27-23-19-24-29(25-27)35-31(8-3)36-32(34)30(7-2)33(4,5)26-28-21-17-15-18-22-28/h15,17-19,21-25,30-31H,6-14,16,20,26H2,1-5H3/q+1. The lowest BCUT2D eigenvalue weighted by molar-refractivity contribution is -0.919. The molecule has 2 aromatic rings. The molecule has 2 atom stereocenters. The SMILES string of the molecule is CCCCCCCCCCc1cccc(OC(CC)OC(=O)C(CC)[N+](C)(C)Cc2ccccc2)c1. The maximum atomic E-state index is 13.2. The molecular weight excluding hydrogens is 446 g/mol. The van der Waals surface area contributed by atoms with Crippen molar-refractivity contribution in [3.05, 3.63) is 65.7 Å². The first kappa shape index (κ1) is 29.9. The second-order valence-corrected chi connectivity index (χ2v) is 10.6. The number of rotatable bonds is 18. The van der Waals surface area contributed by atoms with Crippen LogP contribution < -0.4 is 4.74 Å². The molecule has 2 unspecified atom stereocenters. The number of esters is 1. The van der Waals surface area contributed by atoms with Crippen LogP contribution in [0.3, 0.4) is 0 Å². The van der Waals surface area contributed by atoms with E-state index in [9.17, 15) is 4.79 Å². The second kappa shape index (κ2) is 16.4. The second-order valence-electron chi connectivity index (χ2n) is 10.6. The minimum atomic E-state index is -0.582. The summed E-state index contributed by atoms with van der Waals surface area (Å²) < 4.78 is 12.6. The summed E-state index contributed by atoms with van der Waals surface area (Å²) in [5.74, 6) is 0.582. The van der Waals surface area contributed by atoms with E-state index in [1.807, 2.05) is 44.2 Å². The lowest BCUT2D eigenvalue weighted by Gasteiger charge is -2.36. The molecule has 0 saturated heterocycles. The number of nitrogens with zero attached hydrogens (tertiary/aromatic N) is 1. The minimum absolute atomic E-state index is 0.194. The Hall–Kier alpha value is -2.33. The maximum absolute atomic E-state index is 13.2. The van der Waals surface area contributed by atoms with Gasteiger partial charge in [-0.15, -0.1) is 0 Å². The third-order valence-corrected chi connectivity index (χ3v) is 7.00. The van der Waals surface area contributed by atoms with Crippen molar-refractivity contribution in [3.8, 4) is 5.75 Å². The van der Waals surface area contributed by atoms with Gasteiger partial charge in [0.1, 0.15) is 12.3 Å². The van der Waals surface area contributed by atoms with Crippen molar-refractivity contribution in [2.75, 3.05) is 14.1 Å². The Morgan fingerprint density at radius 3 is 2.06 bits per heavy atom. The Balaban J connectivity index is 1.86. The van der Waals surface area contributed by atoms with Crippen LogP contribution in [0.5, 0.6) is 5.75 Å². The quantitative estimate of drug-likeness (QED) is 0.0905. The Bertz CT molecular complexity index is 865. The highest BCUT2D eigenvalue weighted by atomic mass is 16.7. The number of likely N-dealkylation sites (N-methyl/N-ethyl adjacent to an activating group) is 1. The molecule has 0 aromatic heterocycles. The van der Waals surface area contributed by atoms with E-state index in [0.29, 0.717) is 17.3 Å². The van der Waals surface area contributed by atoms with Gasteiger partial charge in [-0.1, -0.05) is 108 Å². The zero-order chi connectivity index (χ0) is 26.2. The molecule has 0 fully saturated rings. The molecule has 4 nitrogen and oxygen atoms in total. The first-order valence-electron chi connectivity index (χ1n) is 14.2. The Kier molecular flexibility index (Phi) is 13.6. The van der Waals surface area contributed by atoms with Crippen molar-refractivity contribution in [1.29, 1.82) is 0 Å². The largest absolute Gasteiger partial charge is 0.455 e. The fourth-order valence-electron chi connectivity index (χ4n) is 4.90. The molecule has 0 aliphatic heterocycles. The van der Waals surface area contributed by atoms with Gasteiger partial charge in [-0.25, -0.2) is 4.79 Å². The van der Waals surface area contributed by atoms with Gasteiger partial charge >= 0.3 is 5.97 Å². The molecule has 0 aliphatic carbocycles. The molecule has 200 valence electrons. The highest BCUT2D eigenvalue weighted by Gasteiger charge is 2.36. The Morgan fingerprint density at radius 2 is 1.42 bits per heavy atom. The van der Waals surface area contributed by atoms with E-state index in [4.69, 9.17) is 9.47 Å². The van der Waals surface area contributed by atoms with Gasteiger partial charge in [-0.2, -0.15) is 0 Å². The number of quaternary nitrogens is 1. The summed E-state index contributed by atoms with van der Waals surface area (Å²) in [7, 11) is 4.19. The molecule has 0 radical (unpaired) electrons. The summed E-state index contributed by atoms with van der Waals surface area (Å²) in [6, 6.07) is 18.3. The van der Waals surface area contributed by atoms with E-state index >= 15 is 0 Å². The summed E-state index contributed by atoms with van der Waals surface area (Å²) >= 11 is 0. The van der Waals surface area contributed by atoms with Crippen molar-refractivity contribution in [2.45, 2.75) is 110 Å². The lowest BCUT2D eigenvalue weighted by atomic mass is 10.0. The molecule has 0 saturated carbocycles. The maximum Gasteiger partial charge on any atom is 0.368 e. The van der Waals surface area contributed by atoms with Gasteiger partial charge in [0, 0.05) is 18.4 Å². The number of aryl methyl sites for hydroxylation is 1. The van der Waals surface area contributed by atoms with E-state index in [2.05, 4.69) is 45.3 Å². The number of carbonyl (C=O) groups is 1. The lowest BCUT2D eigenvalue weighted by Crippen LogP contribution is -2.53. The minimum Gasteiger partial charge on any atom is -0.455 e. The van der Waals surface area contributed by atoms with Gasteiger partial charge in [-0.3, -0.25) is 0 Å². The number of benzene rings is 2. The van der Waals surface area contributed by atoms with Crippen LogP contribution in [0.1, 0.15) is 96.1 Å². The van der Waals surface area contributed by atoms with E-state index in [0.717, 1.165) is 18.7 Å². The smallest absolute Gasteiger partial charge is 0.368 e. The predicted octanol–water partition coefficient (Wildman–Crippen LogP) is 8.08. The van der Waals surface area contributed by atoms with Gasteiger partial charge < -0.3 is 14.0 Å². The summed E-state index contributed by atoms with van der Waals surface area (Å²) in [6.07, 6.45) is 12.4. The normalized spacial score (nSPS) is 13.2. The first-order valence-corrected chi connectivity index (χ1v) is 14.2. The number of hydrogen-bond acceptors (Lipinski definition) is 3. The molecule has 0 heterocycles. The van der Waals surface area contributed by atoms with Gasteiger partial charge in [0.2, 0.25) is 6.29 Å². The predicted molar refractivity (Wildman–Crippen MR) is 150 cm³/mol. The number of hydrogen-bond donors (Lipinski definition) is 0. The van der Waals surface area contributed by atoms with E-state index in [1.165, 1.54) is 62.5 Å². The van der Waals surface area contributed by atoms with Crippen LogP contribution in [0.15, 0.2) is 54.6 Å². The molecule has 0 bridgehead atoms. The van der Waals surface area contributed by atoms with Crippen molar-refractivity contribution in [1.82, 2.24) is 0 Å². The van der Waals surface area contributed by atoms with Gasteiger partial charge in [0.15, 0.2) is 6.04 Å². The van der Waals surface area contributed by atoms with Crippen LogP contribution in [0, 0.1) is 0 Å². The first-order chi connectivity index (χ1) is 17.4. The molecule has 2 rings (SSSR count). The highest BCUT2D eigenvalue weighted by molar-refractivity contribution is 5.74. The van der Waals surface area contributed by atoms with Crippen LogP contribution in [0.4, 0.5) is 0 Å². The zero-order valence-electron chi connectivity index (χ0n) is 23.5. The summed E-state index contributed by atoms with van der Waals surface area (Å²) in [4.78, 5) is 13.2.